The zero-order valence-corrected chi connectivity index (χ0v) is 7.77. The number of nitrogens with zero attached hydrogens (tertiary/aromatic N) is 1. The molecule has 1 spiro atoms. The summed E-state index contributed by atoms with van der Waals surface area (Å²) < 4.78 is 0. The Labute approximate surface area is 84.7 Å². The molecule has 1 fully saturated rings. The van der Waals surface area contributed by atoms with E-state index in [0.29, 0.717) is 6.54 Å². The summed E-state index contributed by atoms with van der Waals surface area (Å²) in [5.74, 6) is -2.08. The van der Waals surface area contributed by atoms with Gasteiger partial charge in [-0.15, -0.1) is 0 Å². The molecule has 3 N–H and O–H groups in total. The molecule has 0 aromatic rings. The molecule has 7 nitrogen and oxygen atoms in total. The van der Waals surface area contributed by atoms with Gasteiger partial charge in [0.05, 0.1) is 0 Å². The molecular weight excluding hydrogens is 204 g/mol. The average molecular weight is 214 g/mol. The van der Waals surface area contributed by atoms with Crippen LogP contribution < -0.4 is 5.32 Å². The van der Waals surface area contributed by atoms with Crippen molar-refractivity contribution in [1.29, 1.82) is 0 Å². The molecule has 2 atom stereocenters. The number of rotatable bonds is 2. The summed E-state index contributed by atoms with van der Waals surface area (Å²) in [5.41, 5.74) is -0.834. The quantitative estimate of drug-likeness (QED) is 0.546. The minimum absolute atomic E-state index is 0.0529. The predicted molar refractivity (Wildman–Crippen MR) is 47.5 cm³/mol. The van der Waals surface area contributed by atoms with E-state index in [-0.39, 0.29) is 18.6 Å². The number of oxime groups is 1. The van der Waals surface area contributed by atoms with Gasteiger partial charge in [-0.1, -0.05) is 5.16 Å². The van der Waals surface area contributed by atoms with Crippen molar-refractivity contribution in [3.63, 3.8) is 0 Å². The topological polar surface area (TPSA) is 108 Å². The zero-order valence-electron chi connectivity index (χ0n) is 7.77. The molecule has 0 aromatic heterocycles. The summed E-state index contributed by atoms with van der Waals surface area (Å²) >= 11 is 0. The van der Waals surface area contributed by atoms with Crippen LogP contribution in [0.4, 0.5) is 0 Å². The maximum Gasteiger partial charge on any atom is 0.353 e. The second-order valence-corrected chi connectivity index (χ2v) is 3.77. The zero-order chi connectivity index (χ0) is 11.1. The van der Waals surface area contributed by atoms with Crippen molar-refractivity contribution in [2.24, 2.45) is 5.16 Å². The highest BCUT2D eigenvalue weighted by atomic mass is 16.7. The van der Waals surface area contributed by atoms with Gasteiger partial charge in [0.15, 0.2) is 11.3 Å². The van der Waals surface area contributed by atoms with Gasteiger partial charge in [-0.25, -0.2) is 4.79 Å². The molecule has 0 saturated carbocycles. The Morgan fingerprint density at radius 3 is 2.73 bits per heavy atom. The normalized spacial score (nSPS) is 33.9. The van der Waals surface area contributed by atoms with Crippen molar-refractivity contribution >= 4 is 17.7 Å². The van der Waals surface area contributed by atoms with Crippen LogP contribution >= 0.6 is 0 Å². The van der Waals surface area contributed by atoms with Crippen molar-refractivity contribution in [3.8, 4) is 0 Å². The van der Waals surface area contributed by atoms with E-state index in [1.165, 1.54) is 0 Å². The molecule has 0 unspecified atom stereocenters. The first-order chi connectivity index (χ1) is 7.02. The van der Waals surface area contributed by atoms with Gasteiger partial charge in [0, 0.05) is 19.4 Å². The van der Waals surface area contributed by atoms with Crippen LogP contribution in [0.15, 0.2) is 5.16 Å². The van der Waals surface area contributed by atoms with E-state index in [0.717, 1.165) is 0 Å². The van der Waals surface area contributed by atoms with Crippen LogP contribution in [-0.4, -0.2) is 46.1 Å². The van der Waals surface area contributed by atoms with E-state index in [1.807, 2.05) is 0 Å². The maximum atomic E-state index is 10.7. The Kier molecular flexibility index (Phi) is 2.11. The highest BCUT2D eigenvalue weighted by Gasteiger charge is 2.49. The Hall–Kier alpha value is -1.63. The van der Waals surface area contributed by atoms with E-state index < -0.39 is 23.6 Å². The predicted octanol–water partition coefficient (Wildman–Crippen LogP) is -0.967. The number of carboxylic acid groups (broad SMARTS) is 2. The van der Waals surface area contributed by atoms with Crippen LogP contribution in [0.25, 0.3) is 0 Å². The molecule has 7 heteroatoms. The van der Waals surface area contributed by atoms with Crippen molar-refractivity contribution in [1.82, 2.24) is 5.32 Å². The number of hydrogen-bond acceptors (Lipinski definition) is 5. The molecule has 1 saturated heterocycles. The lowest BCUT2D eigenvalue weighted by molar-refractivity contribution is -0.139. The summed E-state index contributed by atoms with van der Waals surface area (Å²) in [6, 6.07) is -0.687. The summed E-state index contributed by atoms with van der Waals surface area (Å²) in [4.78, 5) is 26.3. The summed E-state index contributed by atoms with van der Waals surface area (Å²) in [7, 11) is 0. The number of nitrogens with one attached hydrogen (secondary N) is 1. The molecule has 82 valence electrons. The lowest BCUT2D eigenvalue weighted by Gasteiger charge is -2.18. The SMILES string of the molecule is O=C(O)C1=NO[C@@]2(CN[C@H](C(=O)O)C2)C1. The second kappa shape index (κ2) is 3.20. The largest absolute Gasteiger partial charge is 0.480 e. The minimum atomic E-state index is -1.12. The van der Waals surface area contributed by atoms with Gasteiger partial charge in [-0.05, 0) is 0 Å². The fraction of sp³-hybridized carbons (Fsp3) is 0.625. The van der Waals surface area contributed by atoms with Crippen molar-refractivity contribution in [2.75, 3.05) is 6.54 Å². The lowest BCUT2D eigenvalue weighted by Crippen LogP contribution is -2.32. The van der Waals surface area contributed by atoms with E-state index in [1.54, 1.807) is 0 Å². The van der Waals surface area contributed by atoms with Gasteiger partial charge in [0.25, 0.3) is 0 Å². The molecule has 2 heterocycles. The lowest BCUT2D eigenvalue weighted by atomic mass is 9.94. The second-order valence-electron chi connectivity index (χ2n) is 3.77. The highest BCUT2D eigenvalue weighted by molar-refractivity contribution is 6.36. The number of carboxylic acids is 2. The Morgan fingerprint density at radius 2 is 2.27 bits per heavy atom. The van der Waals surface area contributed by atoms with Crippen molar-refractivity contribution in [2.45, 2.75) is 24.5 Å². The molecule has 0 radical (unpaired) electrons. The fourth-order valence-electron chi connectivity index (χ4n) is 1.84. The monoisotopic (exact) mass is 214 g/mol. The molecule has 2 rings (SSSR count). The Morgan fingerprint density at radius 1 is 1.53 bits per heavy atom. The molecular formula is C8H10N2O5. The standard InChI is InChI=1S/C8H10N2O5/c11-6(12)4-1-8(3-9-4)2-5(7(13)14)10-15-8/h4,9H,1-3H2,(H,11,12)(H,13,14)/t4-,8+/m0/s1. The summed E-state index contributed by atoms with van der Waals surface area (Å²) in [6.45, 7) is 0.310. The van der Waals surface area contributed by atoms with Crippen molar-refractivity contribution < 1.29 is 24.6 Å². The minimum Gasteiger partial charge on any atom is -0.480 e. The smallest absolute Gasteiger partial charge is 0.353 e. The van der Waals surface area contributed by atoms with Crippen LogP contribution in [0.1, 0.15) is 12.8 Å². The fourth-order valence-corrected chi connectivity index (χ4v) is 1.84. The van der Waals surface area contributed by atoms with Crippen LogP contribution in [0.5, 0.6) is 0 Å². The van der Waals surface area contributed by atoms with Crippen LogP contribution in [-0.2, 0) is 14.4 Å². The molecule has 2 aliphatic heterocycles. The summed E-state index contributed by atoms with van der Waals surface area (Å²) in [5, 5.41) is 23.7. The third kappa shape index (κ3) is 1.65. The molecule has 15 heavy (non-hydrogen) atoms. The number of aliphatic carboxylic acids is 2. The molecule has 0 amide bonds. The van der Waals surface area contributed by atoms with Gasteiger partial charge in [-0.3, -0.25) is 4.79 Å². The van der Waals surface area contributed by atoms with Gasteiger partial charge in [0.1, 0.15) is 6.04 Å². The summed E-state index contributed by atoms with van der Waals surface area (Å²) in [6.07, 6.45) is 0.391. The first-order valence-corrected chi connectivity index (χ1v) is 4.47. The van der Waals surface area contributed by atoms with E-state index in [4.69, 9.17) is 15.1 Å². The molecule has 0 aliphatic carbocycles. The molecule has 0 aromatic carbocycles. The first kappa shape index (κ1) is 9.91. The van der Waals surface area contributed by atoms with Crippen LogP contribution in [0, 0.1) is 0 Å². The van der Waals surface area contributed by atoms with Gasteiger partial charge in [-0.2, -0.15) is 0 Å². The average Bonchev–Trinajstić information content (AvgIpc) is 2.74. The maximum absolute atomic E-state index is 10.7. The molecule has 0 bridgehead atoms. The third-order valence-corrected chi connectivity index (χ3v) is 2.63. The van der Waals surface area contributed by atoms with Gasteiger partial charge < -0.3 is 20.4 Å². The van der Waals surface area contributed by atoms with Crippen LogP contribution in [0.3, 0.4) is 0 Å². The van der Waals surface area contributed by atoms with Gasteiger partial charge >= 0.3 is 11.9 Å². The number of hydrogen-bond donors (Lipinski definition) is 3. The van der Waals surface area contributed by atoms with E-state index in [9.17, 15) is 9.59 Å². The number of carbonyl (C=O) groups is 2. The Bertz CT molecular complexity index is 353. The highest BCUT2D eigenvalue weighted by Crippen LogP contribution is 2.32. The van der Waals surface area contributed by atoms with E-state index in [2.05, 4.69) is 10.5 Å². The van der Waals surface area contributed by atoms with Crippen LogP contribution in [0.2, 0.25) is 0 Å². The first-order valence-electron chi connectivity index (χ1n) is 4.47. The van der Waals surface area contributed by atoms with Crippen molar-refractivity contribution in [3.05, 3.63) is 0 Å². The molecule has 2 aliphatic rings. The van der Waals surface area contributed by atoms with E-state index >= 15 is 0 Å². The third-order valence-electron chi connectivity index (χ3n) is 2.63. The van der Waals surface area contributed by atoms with Gasteiger partial charge in [0.2, 0.25) is 0 Å². The Balaban J connectivity index is 2.03.